The number of nitrogens with one attached hydrogen (secondary N) is 2. The molecular weight excluding hydrogens is 554 g/mol. The van der Waals surface area contributed by atoms with Crippen molar-refractivity contribution in [2.45, 2.75) is 100 Å². The number of nitrogens with zero attached hydrogens (tertiary/aromatic N) is 3. The van der Waals surface area contributed by atoms with Crippen molar-refractivity contribution < 1.29 is 19.1 Å². The summed E-state index contributed by atoms with van der Waals surface area (Å²) in [6.07, 6.45) is 9.64. The molecule has 0 aromatic rings. The molecular formula is C35H49N5O4. The molecule has 0 amide bonds. The topological polar surface area (TPSA) is 145 Å². The van der Waals surface area contributed by atoms with Crippen molar-refractivity contribution in [1.82, 2.24) is 5.43 Å². The van der Waals surface area contributed by atoms with Crippen molar-refractivity contribution in [2.24, 2.45) is 60.5 Å². The lowest BCUT2D eigenvalue weighted by molar-refractivity contribution is -0.161. The molecule has 0 aromatic heterocycles. The SMILES string of the molecule is CC(=O)OCCN/N=C(\N=N)[C@]12CCC(C)(C)CC1[C@H]1C(=O)C=C3[C@@]4(C)C=C(C#N)C(=O)C(C)(C)C4CC[C@@]3(C)[C@]1(C)CC2. The zero-order chi connectivity index (χ0) is 32.5. The maximum atomic E-state index is 14.7. The van der Waals surface area contributed by atoms with Crippen LogP contribution in [-0.2, 0) is 19.1 Å². The van der Waals surface area contributed by atoms with Gasteiger partial charge in [0.05, 0.1) is 12.1 Å². The average molecular weight is 604 g/mol. The van der Waals surface area contributed by atoms with Gasteiger partial charge in [-0.15, -0.1) is 5.11 Å². The van der Waals surface area contributed by atoms with Crippen LogP contribution in [0.2, 0.25) is 0 Å². The fourth-order valence-corrected chi connectivity index (χ4v) is 10.6. The van der Waals surface area contributed by atoms with Gasteiger partial charge in [-0.05, 0) is 79.1 Å². The predicted molar refractivity (Wildman–Crippen MR) is 166 cm³/mol. The number of ketones is 2. The minimum atomic E-state index is -0.698. The molecule has 0 heterocycles. The number of fused-ring (bicyclic) bond motifs is 7. The smallest absolute Gasteiger partial charge is 0.302 e. The highest BCUT2D eigenvalue weighted by atomic mass is 16.5. The first-order valence-corrected chi connectivity index (χ1v) is 16.2. The molecule has 0 saturated heterocycles. The van der Waals surface area contributed by atoms with Gasteiger partial charge in [-0.1, -0.05) is 60.1 Å². The molecule has 5 aliphatic rings. The van der Waals surface area contributed by atoms with E-state index in [2.05, 4.69) is 56.3 Å². The number of esters is 1. The normalized spacial score (nSPS) is 40.5. The van der Waals surface area contributed by atoms with Crippen LogP contribution in [0.25, 0.3) is 0 Å². The Morgan fingerprint density at radius 1 is 1.09 bits per heavy atom. The molecule has 7 atom stereocenters. The van der Waals surface area contributed by atoms with Crippen LogP contribution in [0.4, 0.5) is 0 Å². The quantitative estimate of drug-likeness (QED) is 0.0893. The highest BCUT2D eigenvalue weighted by Gasteiger charge is 2.70. The fourth-order valence-electron chi connectivity index (χ4n) is 10.6. The zero-order valence-electron chi connectivity index (χ0n) is 27.7. The van der Waals surface area contributed by atoms with E-state index in [0.29, 0.717) is 12.4 Å². The third-order valence-corrected chi connectivity index (χ3v) is 13.1. The maximum absolute atomic E-state index is 14.7. The molecule has 238 valence electrons. The van der Waals surface area contributed by atoms with Crippen LogP contribution in [0.1, 0.15) is 100 Å². The third-order valence-electron chi connectivity index (χ3n) is 13.1. The maximum Gasteiger partial charge on any atom is 0.302 e. The summed E-state index contributed by atoms with van der Waals surface area (Å²) >= 11 is 0. The Kier molecular flexibility index (Phi) is 7.66. The molecule has 3 saturated carbocycles. The van der Waals surface area contributed by atoms with Crippen LogP contribution in [0.15, 0.2) is 33.5 Å². The van der Waals surface area contributed by atoms with Gasteiger partial charge in [0.1, 0.15) is 12.7 Å². The molecule has 3 fully saturated rings. The summed E-state index contributed by atoms with van der Waals surface area (Å²) in [6, 6.07) is 2.18. The molecule has 0 aromatic carbocycles. The largest absolute Gasteiger partial charge is 0.464 e. The minimum Gasteiger partial charge on any atom is -0.464 e. The van der Waals surface area contributed by atoms with E-state index in [1.54, 1.807) is 0 Å². The van der Waals surface area contributed by atoms with Crippen LogP contribution >= 0.6 is 0 Å². The Morgan fingerprint density at radius 2 is 1.77 bits per heavy atom. The number of rotatable bonds is 5. The summed E-state index contributed by atoms with van der Waals surface area (Å²) in [7, 11) is 0. The lowest BCUT2D eigenvalue weighted by Crippen LogP contribution is -2.65. The van der Waals surface area contributed by atoms with Gasteiger partial charge < -0.3 is 10.2 Å². The first-order valence-electron chi connectivity index (χ1n) is 16.2. The molecule has 9 nitrogen and oxygen atoms in total. The highest BCUT2D eigenvalue weighted by Crippen LogP contribution is 2.74. The standard InChI is InChI=1S/C35H49N5O4/c1-21(41)44-16-15-38-40-29(39-37)35-13-11-30(2,3)19-23(35)27-24(42)17-26-32(6)18-22(20-36)28(43)31(4,5)25(32)9-10-33(26,7)34(27,8)12-14-35/h17-18,23,25,27,37-38H,9-16,19H2,1-8H3/b39-37?,40-29-/t23?,25?,27-,32-,33+,34+,35-/m0/s1. The van der Waals surface area contributed by atoms with Crippen molar-refractivity contribution in [3.8, 4) is 6.07 Å². The van der Waals surface area contributed by atoms with Gasteiger partial charge in [0.2, 0.25) is 0 Å². The summed E-state index contributed by atoms with van der Waals surface area (Å²) in [5, 5.41) is 18.5. The third kappa shape index (κ3) is 4.45. The van der Waals surface area contributed by atoms with Crippen LogP contribution < -0.4 is 5.43 Å². The summed E-state index contributed by atoms with van der Waals surface area (Å²) in [6.45, 7) is 17.1. The van der Waals surface area contributed by atoms with E-state index >= 15 is 0 Å². The summed E-state index contributed by atoms with van der Waals surface area (Å²) < 4.78 is 5.03. The molecule has 44 heavy (non-hydrogen) atoms. The van der Waals surface area contributed by atoms with Crippen LogP contribution in [0.5, 0.6) is 0 Å². The number of Topliss-reactive ketones (excluding diaryl/α,β-unsaturated/α-hetero) is 1. The van der Waals surface area contributed by atoms with E-state index in [1.165, 1.54) is 6.92 Å². The van der Waals surface area contributed by atoms with Crippen molar-refractivity contribution >= 4 is 23.4 Å². The molecule has 5 aliphatic carbocycles. The second-order valence-corrected chi connectivity index (χ2v) is 16.2. The minimum absolute atomic E-state index is 0.00192. The van der Waals surface area contributed by atoms with Gasteiger partial charge in [0.15, 0.2) is 17.4 Å². The summed E-state index contributed by atoms with van der Waals surface area (Å²) in [5.41, 5.74) is 10.0. The lowest BCUT2D eigenvalue weighted by atomic mass is 9.34. The van der Waals surface area contributed by atoms with Crippen molar-refractivity contribution in [3.05, 3.63) is 23.3 Å². The van der Waals surface area contributed by atoms with Crippen LogP contribution in [0, 0.1) is 67.1 Å². The van der Waals surface area contributed by atoms with Crippen molar-refractivity contribution in [1.29, 1.82) is 10.8 Å². The number of hydrazone groups is 1. The second-order valence-electron chi connectivity index (χ2n) is 16.2. The number of nitriles is 1. The predicted octanol–water partition coefficient (Wildman–Crippen LogP) is 6.70. The molecule has 2 unspecified atom stereocenters. The Morgan fingerprint density at radius 3 is 2.41 bits per heavy atom. The monoisotopic (exact) mass is 603 g/mol. The van der Waals surface area contributed by atoms with Crippen molar-refractivity contribution in [2.75, 3.05) is 13.2 Å². The van der Waals surface area contributed by atoms with Gasteiger partial charge in [-0.25, -0.2) is 5.53 Å². The molecule has 0 bridgehead atoms. The molecule has 0 aliphatic heterocycles. The van der Waals surface area contributed by atoms with Gasteiger partial charge in [0.25, 0.3) is 0 Å². The number of hydrogen-bond donors (Lipinski definition) is 2. The number of hydrogen-bond acceptors (Lipinski definition) is 8. The second kappa shape index (κ2) is 10.5. The molecule has 0 radical (unpaired) electrons. The Labute approximate surface area is 261 Å². The summed E-state index contributed by atoms with van der Waals surface area (Å²) in [4.78, 5) is 39.2. The molecule has 5 rings (SSSR count). The van der Waals surface area contributed by atoms with Crippen molar-refractivity contribution in [3.63, 3.8) is 0 Å². The Hall–Kier alpha value is -3.15. The highest BCUT2D eigenvalue weighted by molar-refractivity contribution is 6.04. The number of amidine groups is 1. The van der Waals surface area contributed by atoms with E-state index in [9.17, 15) is 19.6 Å². The number of ether oxygens (including phenoxy) is 1. The molecule has 2 N–H and O–H groups in total. The molecule has 0 spiro atoms. The van der Waals surface area contributed by atoms with Gasteiger partial charge in [-0.3, -0.25) is 14.4 Å². The van der Waals surface area contributed by atoms with E-state index in [0.717, 1.165) is 50.5 Å². The first-order chi connectivity index (χ1) is 20.4. The first kappa shape index (κ1) is 32.2. The summed E-state index contributed by atoms with van der Waals surface area (Å²) in [5.74, 6) is -0.226. The Balaban J connectivity index is 1.61. The lowest BCUT2D eigenvalue weighted by Gasteiger charge is -2.69. The fraction of sp³-hybridized carbons (Fsp3) is 0.743. The van der Waals surface area contributed by atoms with Gasteiger partial charge >= 0.3 is 5.97 Å². The average Bonchev–Trinajstić information content (AvgIpc) is 2.94. The van der Waals surface area contributed by atoms with Crippen LogP contribution in [0.3, 0.4) is 0 Å². The Bertz CT molecular complexity index is 1430. The van der Waals surface area contributed by atoms with E-state index in [4.69, 9.17) is 10.3 Å². The molecule has 9 heteroatoms. The van der Waals surface area contributed by atoms with E-state index < -0.39 is 16.2 Å². The number of carbonyl (C=O) groups is 3. The van der Waals surface area contributed by atoms with E-state index in [-0.39, 0.29) is 63.7 Å². The van der Waals surface area contributed by atoms with E-state index in [1.807, 2.05) is 26.0 Å². The number of allylic oxidation sites excluding steroid dienone is 4. The zero-order valence-corrected chi connectivity index (χ0v) is 27.7. The van der Waals surface area contributed by atoms with Gasteiger partial charge in [-0.2, -0.15) is 10.4 Å². The van der Waals surface area contributed by atoms with Gasteiger partial charge in [0, 0.05) is 29.1 Å². The van der Waals surface area contributed by atoms with Crippen LogP contribution in [-0.4, -0.2) is 36.5 Å². The number of carbonyl (C=O) groups excluding carboxylic acids is 3.